The average molecular weight is 290 g/mol. The maximum Gasteiger partial charge on any atom is 0.120 e. The third-order valence-electron chi connectivity index (χ3n) is 5.05. The summed E-state index contributed by atoms with van der Waals surface area (Å²) in [5.74, 6) is 1.35. The van der Waals surface area contributed by atoms with Gasteiger partial charge < -0.3 is 0 Å². The zero-order chi connectivity index (χ0) is 15.1. The van der Waals surface area contributed by atoms with Crippen LogP contribution >= 0.6 is 0 Å². The smallest absolute Gasteiger partial charge is 0.120 e. The second kappa shape index (κ2) is 8.55. The van der Waals surface area contributed by atoms with E-state index in [1.165, 1.54) is 56.9 Å². The summed E-state index contributed by atoms with van der Waals surface area (Å²) in [6.45, 7) is 4.35. The zero-order valence-electron chi connectivity index (χ0n) is 13.6. The van der Waals surface area contributed by atoms with Crippen LogP contribution in [0.2, 0.25) is 0 Å². The number of rotatable bonds is 7. The van der Waals surface area contributed by atoms with Crippen LogP contribution in [0.5, 0.6) is 0 Å². The van der Waals surface area contributed by atoms with Crippen LogP contribution in [0.4, 0.5) is 0 Å². The molecule has 0 bridgehead atoms. The van der Waals surface area contributed by atoms with Crippen LogP contribution in [0, 0.1) is 18.8 Å². The Bertz CT molecular complexity index is 391. The molecule has 1 N–H and O–H groups in total. The monoisotopic (exact) mass is 290 g/mol. The first-order chi connectivity index (χ1) is 10.2. The summed E-state index contributed by atoms with van der Waals surface area (Å²) in [6.07, 6.45) is 10.2. The van der Waals surface area contributed by atoms with Gasteiger partial charge in [-0.1, -0.05) is 75.3 Å². The first-order valence-electron chi connectivity index (χ1n) is 8.61. The molecule has 1 atom stereocenters. The summed E-state index contributed by atoms with van der Waals surface area (Å²) >= 11 is 0. The van der Waals surface area contributed by atoms with Gasteiger partial charge in [0.2, 0.25) is 0 Å². The lowest BCUT2D eigenvalue weighted by Gasteiger charge is -2.32. The number of aryl methyl sites for hydroxylation is 1. The summed E-state index contributed by atoms with van der Waals surface area (Å²) in [5, 5.41) is 9.34. The largest absolute Gasteiger partial charge is 0.251 e. The quantitative estimate of drug-likeness (QED) is 0.384. The molecule has 0 amide bonds. The number of unbranched alkanes of at least 4 members (excludes halogenated alkanes) is 2. The maximum absolute atomic E-state index is 9.34. The molecule has 1 saturated carbocycles. The standard InChI is InChI=1S/C19H30O2/c1-3-4-5-6-16-9-13-18(14-10-16)19(21-20)17-11-7-15(2)8-12-17/h7-8,11-12,16,18-20H,3-6,9-10,13-14H2,1-2H3. The van der Waals surface area contributed by atoms with Gasteiger partial charge in [0.05, 0.1) is 0 Å². The molecular formula is C19H30O2. The van der Waals surface area contributed by atoms with E-state index in [4.69, 9.17) is 4.89 Å². The molecule has 118 valence electrons. The molecule has 0 saturated heterocycles. The van der Waals surface area contributed by atoms with Crippen LogP contribution < -0.4 is 0 Å². The molecule has 1 fully saturated rings. The SMILES string of the molecule is CCCCCC1CCC(C(OO)c2ccc(C)cc2)CC1. The van der Waals surface area contributed by atoms with Crippen LogP contribution in [0.25, 0.3) is 0 Å². The highest BCUT2D eigenvalue weighted by atomic mass is 17.1. The first-order valence-corrected chi connectivity index (χ1v) is 8.61. The highest BCUT2D eigenvalue weighted by Gasteiger charge is 2.29. The van der Waals surface area contributed by atoms with Crippen molar-refractivity contribution in [3.8, 4) is 0 Å². The fourth-order valence-electron chi connectivity index (χ4n) is 3.64. The predicted molar refractivity (Wildman–Crippen MR) is 87.2 cm³/mol. The van der Waals surface area contributed by atoms with Crippen LogP contribution in [-0.4, -0.2) is 5.26 Å². The Hall–Kier alpha value is -0.860. The molecule has 1 aliphatic rings. The predicted octanol–water partition coefficient (Wildman–Crippen LogP) is 5.91. The fraction of sp³-hybridized carbons (Fsp3) is 0.684. The van der Waals surface area contributed by atoms with Crippen molar-refractivity contribution >= 4 is 0 Å². The minimum Gasteiger partial charge on any atom is -0.251 e. The minimum absolute atomic E-state index is 0.151. The van der Waals surface area contributed by atoms with E-state index in [2.05, 4.69) is 38.1 Å². The maximum atomic E-state index is 9.34. The van der Waals surface area contributed by atoms with E-state index >= 15 is 0 Å². The second-order valence-corrected chi connectivity index (χ2v) is 6.71. The van der Waals surface area contributed by atoms with Gasteiger partial charge in [0, 0.05) is 0 Å². The highest BCUT2D eigenvalue weighted by molar-refractivity contribution is 5.23. The molecule has 2 rings (SSSR count). The Labute approximate surface area is 129 Å². The summed E-state index contributed by atoms with van der Waals surface area (Å²) < 4.78 is 0. The molecule has 0 radical (unpaired) electrons. The molecule has 0 aliphatic heterocycles. The molecule has 1 aliphatic carbocycles. The lowest BCUT2D eigenvalue weighted by atomic mass is 9.76. The Morgan fingerprint density at radius 3 is 2.33 bits per heavy atom. The van der Waals surface area contributed by atoms with Crippen LogP contribution in [0.15, 0.2) is 24.3 Å². The zero-order valence-corrected chi connectivity index (χ0v) is 13.6. The van der Waals surface area contributed by atoms with E-state index in [1.807, 2.05) is 0 Å². The Morgan fingerprint density at radius 2 is 1.76 bits per heavy atom. The van der Waals surface area contributed by atoms with Gasteiger partial charge in [-0.05, 0) is 37.2 Å². The highest BCUT2D eigenvalue weighted by Crippen LogP contribution is 2.40. The van der Waals surface area contributed by atoms with Crippen molar-refractivity contribution < 1.29 is 10.1 Å². The van der Waals surface area contributed by atoms with Crippen molar-refractivity contribution in [2.24, 2.45) is 11.8 Å². The third kappa shape index (κ3) is 4.82. The van der Waals surface area contributed by atoms with Gasteiger partial charge in [-0.2, -0.15) is 0 Å². The third-order valence-corrected chi connectivity index (χ3v) is 5.05. The van der Waals surface area contributed by atoms with E-state index in [0.29, 0.717) is 5.92 Å². The number of hydrogen-bond donors (Lipinski definition) is 1. The summed E-state index contributed by atoms with van der Waals surface area (Å²) in [5.41, 5.74) is 2.35. The number of benzene rings is 1. The normalized spacial score (nSPS) is 24.0. The molecule has 21 heavy (non-hydrogen) atoms. The van der Waals surface area contributed by atoms with Gasteiger partial charge in [-0.15, -0.1) is 0 Å². The van der Waals surface area contributed by atoms with Crippen LogP contribution in [0.1, 0.15) is 75.5 Å². The minimum atomic E-state index is -0.151. The van der Waals surface area contributed by atoms with E-state index in [0.717, 1.165) is 11.5 Å². The molecule has 0 aromatic heterocycles. The Balaban J connectivity index is 1.86. The van der Waals surface area contributed by atoms with E-state index in [1.54, 1.807) is 0 Å². The lowest BCUT2D eigenvalue weighted by Crippen LogP contribution is -2.22. The Kier molecular flexibility index (Phi) is 6.72. The summed E-state index contributed by atoms with van der Waals surface area (Å²) in [6, 6.07) is 8.36. The van der Waals surface area contributed by atoms with Crippen LogP contribution in [-0.2, 0) is 4.89 Å². The van der Waals surface area contributed by atoms with Gasteiger partial charge in [-0.3, -0.25) is 5.26 Å². The van der Waals surface area contributed by atoms with Gasteiger partial charge >= 0.3 is 0 Å². The average Bonchev–Trinajstić information content (AvgIpc) is 2.52. The van der Waals surface area contributed by atoms with Crippen molar-refractivity contribution in [3.05, 3.63) is 35.4 Å². The molecule has 0 heterocycles. The number of hydrogen-bond acceptors (Lipinski definition) is 2. The fourth-order valence-corrected chi connectivity index (χ4v) is 3.64. The van der Waals surface area contributed by atoms with Crippen molar-refractivity contribution in [3.63, 3.8) is 0 Å². The first kappa shape index (κ1) is 16.5. The molecule has 1 aromatic rings. The molecule has 1 aromatic carbocycles. The molecule has 0 spiro atoms. The van der Waals surface area contributed by atoms with Crippen molar-refractivity contribution in [1.82, 2.24) is 0 Å². The van der Waals surface area contributed by atoms with Gasteiger partial charge in [0.25, 0.3) is 0 Å². The van der Waals surface area contributed by atoms with E-state index in [9.17, 15) is 5.26 Å². The van der Waals surface area contributed by atoms with Crippen molar-refractivity contribution in [2.45, 2.75) is 71.3 Å². The van der Waals surface area contributed by atoms with Gasteiger partial charge in [-0.25, -0.2) is 4.89 Å². The van der Waals surface area contributed by atoms with E-state index in [-0.39, 0.29) is 6.10 Å². The van der Waals surface area contributed by atoms with Gasteiger partial charge in [0.1, 0.15) is 6.10 Å². The van der Waals surface area contributed by atoms with Crippen molar-refractivity contribution in [1.29, 1.82) is 0 Å². The topological polar surface area (TPSA) is 29.5 Å². The van der Waals surface area contributed by atoms with E-state index < -0.39 is 0 Å². The lowest BCUT2D eigenvalue weighted by molar-refractivity contribution is -0.296. The summed E-state index contributed by atoms with van der Waals surface area (Å²) in [7, 11) is 0. The molecule has 1 unspecified atom stereocenters. The van der Waals surface area contributed by atoms with Gasteiger partial charge in [0.15, 0.2) is 0 Å². The summed E-state index contributed by atoms with van der Waals surface area (Å²) in [4.78, 5) is 4.85. The molecule has 2 heteroatoms. The Morgan fingerprint density at radius 1 is 1.10 bits per heavy atom. The van der Waals surface area contributed by atoms with Crippen LogP contribution in [0.3, 0.4) is 0 Å². The molecule has 2 nitrogen and oxygen atoms in total. The van der Waals surface area contributed by atoms with Crippen molar-refractivity contribution in [2.75, 3.05) is 0 Å². The second-order valence-electron chi connectivity index (χ2n) is 6.71. The molecular weight excluding hydrogens is 260 g/mol.